The van der Waals surface area contributed by atoms with Crippen molar-refractivity contribution >= 4 is 45.5 Å². The number of furan rings is 1. The molecule has 0 saturated carbocycles. The summed E-state index contributed by atoms with van der Waals surface area (Å²) in [5.41, 5.74) is 6.35. The number of phenolic OH excluding ortho intramolecular Hbond substituents is 1. The third-order valence-corrected chi connectivity index (χ3v) is 5.34. The fraction of sp³-hybridized carbons (Fsp3) is 0.100. The normalized spacial score (nSPS) is 11.3. The molecule has 0 amide bonds. The zero-order chi connectivity index (χ0) is 20.7. The number of rotatable bonds is 4. The Balaban J connectivity index is 2.05. The molecule has 0 saturated heterocycles. The molecule has 2 heterocycles. The highest BCUT2D eigenvalue weighted by Crippen LogP contribution is 2.48. The predicted molar refractivity (Wildman–Crippen MR) is 104 cm³/mol. The fourth-order valence-electron chi connectivity index (χ4n) is 3.02. The van der Waals surface area contributed by atoms with Gasteiger partial charge in [-0.25, -0.2) is 13.6 Å². The smallest absolute Gasteiger partial charge is 0.344 e. The monoisotopic (exact) mass is 416 g/mol. The molecule has 0 bridgehead atoms. The molecule has 148 valence electrons. The molecule has 6 nitrogen and oxygen atoms in total. The number of halogens is 2. The Morgan fingerprint density at radius 3 is 2.83 bits per heavy atom. The summed E-state index contributed by atoms with van der Waals surface area (Å²) in [7, 11) is 0. The Morgan fingerprint density at radius 1 is 1.31 bits per heavy atom. The molecule has 9 heteroatoms. The zero-order valence-corrected chi connectivity index (χ0v) is 15.8. The number of esters is 1. The summed E-state index contributed by atoms with van der Waals surface area (Å²) < 4.78 is 37.7. The molecule has 0 aliphatic carbocycles. The van der Waals surface area contributed by atoms with Gasteiger partial charge in [0.1, 0.15) is 16.7 Å². The lowest BCUT2D eigenvalue weighted by atomic mass is 10.1. The number of aromatic nitrogens is 1. The molecule has 0 unspecified atom stereocenters. The molecule has 0 atom stereocenters. The highest BCUT2D eigenvalue weighted by Gasteiger charge is 2.28. The lowest BCUT2D eigenvalue weighted by Gasteiger charge is -2.10. The van der Waals surface area contributed by atoms with Gasteiger partial charge in [0.05, 0.1) is 16.9 Å². The maximum atomic E-state index is 13.7. The van der Waals surface area contributed by atoms with E-state index in [1.807, 2.05) is 0 Å². The predicted octanol–water partition coefficient (Wildman–Crippen LogP) is 4.87. The first kappa shape index (κ1) is 19.0. The lowest BCUT2D eigenvalue weighted by Crippen LogP contribution is -2.06. The van der Waals surface area contributed by atoms with Crippen LogP contribution in [0.3, 0.4) is 0 Å². The second-order valence-electron chi connectivity index (χ2n) is 6.02. The van der Waals surface area contributed by atoms with Crippen molar-refractivity contribution in [3.8, 4) is 5.75 Å². The number of hydrogen-bond donors (Lipinski definition) is 2. The van der Waals surface area contributed by atoms with Gasteiger partial charge in [-0.15, -0.1) is 0 Å². The Kier molecular flexibility index (Phi) is 4.75. The highest BCUT2D eigenvalue weighted by molar-refractivity contribution is 7.99. The number of nitrogens with zero attached hydrogens (tertiary/aromatic N) is 1. The van der Waals surface area contributed by atoms with Crippen molar-refractivity contribution in [3.05, 3.63) is 53.7 Å². The first-order valence-electron chi connectivity index (χ1n) is 8.54. The van der Waals surface area contributed by atoms with Crippen LogP contribution in [0, 0.1) is 11.6 Å². The van der Waals surface area contributed by atoms with Crippen LogP contribution >= 0.6 is 11.8 Å². The number of pyridine rings is 1. The molecule has 3 N–H and O–H groups in total. The van der Waals surface area contributed by atoms with Crippen molar-refractivity contribution in [3.63, 3.8) is 0 Å². The van der Waals surface area contributed by atoms with E-state index in [0.29, 0.717) is 10.3 Å². The third-order valence-electron chi connectivity index (χ3n) is 4.24. The van der Waals surface area contributed by atoms with E-state index in [2.05, 4.69) is 4.98 Å². The maximum absolute atomic E-state index is 13.7. The molecule has 29 heavy (non-hydrogen) atoms. The average Bonchev–Trinajstić information content (AvgIpc) is 3.05. The van der Waals surface area contributed by atoms with Gasteiger partial charge >= 0.3 is 5.97 Å². The number of carbonyl (C=O) groups excluding carboxylic acids is 1. The molecule has 4 rings (SSSR count). The minimum atomic E-state index is -1.04. The molecular formula is C20H14F2N2O4S. The number of benzene rings is 2. The highest BCUT2D eigenvalue weighted by atomic mass is 32.2. The molecule has 0 fully saturated rings. The van der Waals surface area contributed by atoms with Gasteiger partial charge < -0.3 is 20.0 Å². The summed E-state index contributed by atoms with van der Waals surface area (Å²) in [5, 5.41) is 11.6. The SMILES string of the molecule is CCOC(=O)c1c(N)oc2c1c(Sc1ccc(F)c(F)c1)c(O)c1ncccc12. The number of anilines is 1. The third kappa shape index (κ3) is 3.13. The summed E-state index contributed by atoms with van der Waals surface area (Å²) in [6.45, 7) is 1.75. The largest absolute Gasteiger partial charge is 0.505 e. The van der Waals surface area contributed by atoms with Gasteiger partial charge in [-0.05, 0) is 37.3 Å². The minimum absolute atomic E-state index is 0.0482. The number of hydrogen-bond acceptors (Lipinski definition) is 7. The van der Waals surface area contributed by atoms with Crippen LogP contribution in [0.2, 0.25) is 0 Å². The topological polar surface area (TPSA) is 98.6 Å². The molecule has 2 aromatic carbocycles. The zero-order valence-electron chi connectivity index (χ0n) is 15.0. The molecule has 2 aromatic heterocycles. The second kappa shape index (κ2) is 7.25. The maximum Gasteiger partial charge on any atom is 0.344 e. The average molecular weight is 416 g/mol. The van der Waals surface area contributed by atoms with Crippen molar-refractivity contribution < 1.29 is 27.8 Å². The summed E-state index contributed by atoms with van der Waals surface area (Å²) in [4.78, 5) is 17.1. The van der Waals surface area contributed by atoms with E-state index in [9.17, 15) is 18.7 Å². The second-order valence-corrected chi connectivity index (χ2v) is 7.10. The molecular weight excluding hydrogens is 402 g/mol. The van der Waals surface area contributed by atoms with Crippen LogP contribution in [0.1, 0.15) is 17.3 Å². The van der Waals surface area contributed by atoms with Gasteiger partial charge in [-0.3, -0.25) is 4.98 Å². The molecule has 0 radical (unpaired) electrons. The Hall–Kier alpha value is -3.33. The first-order valence-corrected chi connectivity index (χ1v) is 9.35. The van der Waals surface area contributed by atoms with Crippen molar-refractivity contribution in [2.45, 2.75) is 16.7 Å². The summed E-state index contributed by atoms with van der Waals surface area (Å²) in [6.07, 6.45) is 1.48. The van der Waals surface area contributed by atoms with Crippen LogP contribution in [-0.4, -0.2) is 22.7 Å². The van der Waals surface area contributed by atoms with Crippen LogP contribution in [0.15, 0.2) is 50.7 Å². The van der Waals surface area contributed by atoms with Gasteiger partial charge in [0.2, 0.25) is 5.88 Å². The Labute approximate surface area is 167 Å². The Bertz CT molecular complexity index is 1270. The Morgan fingerprint density at radius 2 is 2.10 bits per heavy atom. The van der Waals surface area contributed by atoms with E-state index in [1.54, 1.807) is 19.1 Å². The van der Waals surface area contributed by atoms with E-state index >= 15 is 0 Å². The number of ether oxygens (including phenoxy) is 1. The summed E-state index contributed by atoms with van der Waals surface area (Å²) >= 11 is 0.924. The number of carbonyl (C=O) groups is 1. The molecule has 0 aliphatic rings. The molecule has 4 aromatic rings. The van der Waals surface area contributed by atoms with Crippen LogP contribution < -0.4 is 5.73 Å². The van der Waals surface area contributed by atoms with Crippen molar-refractivity contribution in [2.24, 2.45) is 0 Å². The number of aromatic hydroxyl groups is 1. The fourth-order valence-corrected chi connectivity index (χ4v) is 4.05. The van der Waals surface area contributed by atoms with Crippen molar-refractivity contribution in [1.29, 1.82) is 0 Å². The van der Waals surface area contributed by atoms with Crippen LogP contribution in [0.4, 0.5) is 14.7 Å². The van der Waals surface area contributed by atoms with Crippen molar-refractivity contribution in [2.75, 3.05) is 12.3 Å². The number of phenols is 1. The van der Waals surface area contributed by atoms with E-state index in [-0.39, 0.29) is 45.2 Å². The van der Waals surface area contributed by atoms with Crippen molar-refractivity contribution in [1.82, 2.24) is 4.98 Å². The number of nitrogens with two attached hydrogens (primary N) is 1. The molecule has 0 spiro atoms. The van der Waals surface area contributed by atoms with Crippen LogP contribution in [0.25, 0.3) is 21.9 Å². The molecule has 0 aliphatic heterocycles. The van der Waals surface area contributed by atoms with Gasteiger partial charge in [-0.2, -0.15) is 0 Å². The quantitative estimate of drug-likeness (QED) is 0.458. The summed E-state index contributed by atoms with van der Waals surface area (Å²) in [5.74, 6) is -3.18. The van der Waals surface area contributed by atoms with E-state index < -0.39 is 17.6 Å². The van der Waals surface area contributed by atoms with Gasteiger partial charge in [0, 0.05) is 16.5 Å². The minimum Gasteiger partial charge on any atom is -0.505 e. The lowest BCUT2D eigenvalue weighted by molar-refractivity contribution is 0.0529. The standard InChI is InChI=1S/C20H14F2N2O4S/c1-2-27-20(26)14-13-17(28-19(14)23)10-4-3-7-24-15(10)16(25)18(13)29-9-5-6-11(21)12(22)8-9/h3-8,25H,2,23H2,1H3. The number of nitrogen functional groups attached to an aromatic ring is 1. The van der Waals surface area contributed by atoms with E-state index in [1.165, 1.54) is 12.3 Å². The summed E-state index contributed by atoms with van der Waals surface area (Å²) in [6, 6.07) is 6.62. The van der Waals surface area contributed by atoms with E-state index in [0.717, 1.165) is 23.9 Å². The van der Waals surface area contributed by atoms with E-state index in [4.69, 9.17) is 14.9 Å². The van der Waals surface area contributed by atoms with Gasteiger partial charge in [0.25, 0.3) is 0 Å². The number of fused-ring (bicyclic) bond motifs is 3. The van der Waals surface area contributed by atoms with Crippen LogP contribution in [0.5, 0.6) is 5.75 Å². The van der Waals surface area contributed by atoms with Crippen LogP contribution in [-0.2, 0) is 4.74 Å². The van der Waals surface area contributed by atoms with Gasteiger partial charge in [0.15, 0.2) is 17.4 Å². The van der Waals surface area contributed by atoms with Gasteiger partial charge in [-0.1, -0.05) is 11.8 Å². The first-order chi connectivity index (χ1) is 13.9.